The van der Waals surface area contributed by atoms with E-state index in [9.17, 15) is 9.59 Å². The molecule has 0 radical (unpaired) electrons. The monoisotopic (exact) mass is 499 g/mol. The molecule has 0 spiro atoms. The quantitative estimate of drug-likeness (QED) is 0.429. The summed E-state index contributed by atoms with van der Waals surface area (Å²) in [6.45, 7) is 0.171. The number of aromatic nitrogens is 1. The number of anilines is 1. The number of hydrogen-bond acceptors (Lipinski definition) is 5. The van der Waals surface area contributed by atoms with E-state index in [2.05, 4.69) is 29.8 Å². The zero-order valence-electron chi connectivity index (χ0n) is 16.0. The summed E-state index contributed by atoms with van der Waals surface area (Å²) in [4.78, 5) is 28.1. The van der Waals surface area contributed by atoms with Gasteiger partial charge in [0, 0.05) is 5.56 Å². The van der Waals surface area contributed by atoms with E-state index in [-0.39, 0.29) is 40.2 Å². The fourth-order valence-electron chi connectivity index (χ4n) is 3.65. The second kappa shape index (κ2) is 8.45. The van der Waals surface area contributed by atoms with Crippen molar-refractivity contribution in [1.82, 2.24) is 4.90 Å². The first-order valence-electron chi connectivity index (χ1n) is 9.20. The maximum Gasteiger partial charge on any atom is 0.291 e. The number of nitrogens with one attached hydrogen (secondary N) is 1. The van der Waals surface area contributed by atoms with Crippen molar-refractivity contribution in [1.29, 1.82) is 0 Å². The van der Waals surface area contributed by atoms with Gasteiger partial charge in [-0.15, -0.1) is 11.8 Å². The predicted molar refractivity (Wildman–Crippen MR) is 116 cm³/mol. The lowest BCUT2D eigenvalue weighted by molar-refractivity contribution is -0.696. The highest BCUT2D eigenvalue weighted by Gasteiger charge is 2.38. The van der Waals surface area contributed by atoms with E-state index in [0.29, 0.717) is 11.1 Å². The van der Waals surface area contributed by atoms with Gasteiger partial charge in [0.2, 0.25) is 0 Å². The van der Waals surface area contributed by atoms with Crippen LogP contribution in [0, 0.1) is 0 Å². The first-order valence-corrected chi connectivity index (χ1v) is 11.4. The van der Waals surface area contributed by atoms with Gasteiger partial charge in [-0.2, -0.15) is 0 Å². The Morgan fingerprint density at radius 1 is 1.00 bits per heavy atom. The fourth-order valence-corrected chi connectivity index (χ4v) is 5.46. The smallest absolute Gasteiger partial charge is 0.291 e. The van der Waals surface area contributed by atoms with Crippen LogP contribution in [-0.4, -0.2) is 27.7 Å². The SMILES string of the molecule is CSC1Nc2c(cc(-c3ccccc3)c[n+]2CN2C(=O)c3ccccc3C2=O)S1.[Br-]. The van der Waals surface area contributed by atoms with E-state index in [4.69, 9.17) is 0 Å². The Balaban J connectivity index is 0.00000218. The second-order valence-electron chi connectivity index (χ2n) is 6.83. The molecule has 152 valence electrons. The van der Waals surface area contributed by atoms with Crippen molar-refractivity contribution in [3.05, 3.63) is 78.0 Å². The molecule has 8 heteroatoms. The van der Waals surface area contributed by atoms with Crippen LogP contribution in [0.3, 0.4) is 0 Å². The number of halogens is 1. The molecule has 3 heterocycles. The summed E-state index contributed by atoms with van der Waals surface area (Å²) >= 11 is 3.47. The van der Waals surface area contributed by atoms with Crippen molar-refractivity contribution in [3.63, 3.8) is 0 Å². The normalized spacial score (nSPS) is 16.7. The number of carbonyl (C=O) groups is 2. The van der Waals surface area contributed by atoms with Gasteiger partial charge in [-0.25, -0.2) is 9.47 Å². The Bertz CT molecular complexity index is 1110. The molecule has 1 N–H and O–H groups in total. The van der Waals surface area contributed by atoms with Crippen molar-refractivity contribution in [2.45, 2.75) is 16.3 Å². The lowest BCUT2D eigenvalue weighted by Crippen LogP contribution is -3.00. The van der Waals surface area contributed by atoms with Gasteiger partial charge in [0.15, 0.2) is 11.4 Å². The summed E-state index contributed by atoms with van der Waals surface area (Å²) in [6, 6.07) is 19.3. The number of carbonyl (C=O) groups excluding carboxylic acids is 2. The minimum Gasteiger partial charge on any atom is -1.00 e. The molecule has 5 nitrogen and oxygen atoms in total. The largest absolute Gasteiger partial charge is 1.00 e. The van der Waals surface area contributed by atoms with E-state index in [1.54, 1.807) is 47.8 Å². The number of pyridine rings is 1. The minimum atomic E-state index is -0.246. The highest BCUT2D eigenvalue weighted by molar-refractivity contribution is 8.17. The number of fused-ring (bicyclic) bond motifs is 2. The third-order valence-electron chi connectivity index (χ3n) is 5.08. The molecule has 0 aliphatic carbocycles. The maximum absolute atomic E-state index is 12.8. The molecular weight excluding hydrogens is 482 g/mol. The molecule has 5 rings (SSSR count). The van der Waals surface area contributed by atoms with Crippen molar-refractivity contribution < 1.29 is 31.1 Å². The highest BCUT2D eigenvalue weighted by atomic mass is 79.9. The van der Waals surface area contributed by atoms with Crippen LogP contribution in [-0.2, 0) is 6.67 Å². The lowest BCUT2D eigenvalue weighted by atomic mass is 10.1. The molecular formula is C22H18BrN3O2S2. The van der Waals surface area contributed by atoms with E-state index >= 15 is 0 Å². The molecule has 0 saturated carbocycles. The molecule has 1 atom stereocenters. The molecule has 2 aliphatic heterocycles. The maximum atomic E-state index is 12.8. The molecule has 2 aliphatic rings. The zero-order valence-corrected chi connectivity index (χ0v) is 19.3. The van der Waals surface area contributed by atoms with Gasteiger partial charge in [0.1, 0.15) is 11.1 Å². The van der Waals surface area contributed by atoms with Crippen LogP contribution in [0.15, 0.2) is 71.8 Å². The number of hydrogen-bond donors (Lipinski definition) is 1. The van der Waals surface area contributed by atoms with Gasteiger partial charge < -0.3 is 17.0 Å². The molecule has 1 unspecified atom stereocenters. The number of benzene rings is 2. The summed E-state index contributed by atoms with van der Waals surface area (Å²) in [5, 5.41) is 3.50. The van der Waals surface area contributed by atoms with Crippen molar-refractivity contribution >= 4 is 41.2 Å². The fraction of sp³-hybridized carbons (Fsp3) is 0.136. The average Bonchev–Trinajstić information content (AvgIpc) is 3.29. The van der Waals surface area contributed by atoms with Crippen LogP contribution in [0.1, 0.15) is 20.7 Å². The van der Waals surface area contributed by atoms with E-state index in [0.717, 1.165) is 21.8 Å². The van der Waals surface area contributed by atoms with Crippen LogP contribution in [0.25, 0.3) is 11.1 Å². The predicted octanol–water partition coefficient (Wildman–Crippen LogP) is 1.06. The molecule has 2 aromatic carbocycles. The number of amides is 2. The Labute approximate surface area is 193 Å². The standard InChI is InChI=1S/C22H17N3O2S2.BrH/c1-28-22-23-19-18(29-22)11-15(14-7-3-2-4-8-14)12-24(19)13-25-20(26)16-9-5-6-10-17(16)21(25)27;/h2-12,22H,13H2,1H3;1H. The van der Waals surface area contributed by atoms with Gasteiger partial charge in [-0.3, -0.25) is 14.9 Å². The lowest BCUT2D eigenvalue weighted by Gasteiger charge is -2.15. The molecule has 30 heavy (non-hydrogen) atoms. The summed E-state index contributed by atoms with van der Waals surface area (Å²) in [5.41, 5.74) is 3.09. The summed E-state index contributed by atoms with van der Waals surface area (Å²) in [5.74, 6) is 0.443. The van der Waals surface area contributed by atoms with Crippen molar-refractivity contribution in [2.24, 2.45) is 0 Å². The molecule has 2 amide bonds. The van der Waals surface area contributed by atoms with Crippen LogP contribution >= 0.6 is 23.5 Å². The van der Waals surface area contributed by atoms with Crippen LogP contribution in [0.2, 0.25) is 0 Å². The molecule has 0 bridgehead atoms. The number of thioether (sulfide) groups is 2. The van der Waals surface area contributed by atoms with E-state index < -0.39 is 0 Å². The number of nitrogens with zero attached hydrogens (tertiary/aromatic N) is 2. The topological polar surface area (TPSA) is 53.3 Å². The molecule has 0 saturated heterocycles. The van der Waals surface area contributed by atoms with Crippen LogP contribution in [0.5, 0.6) is 0 Å². The zero-order chi connectivity index (χ0) is 20.0. The van der Waals surface area contributed by atoms with Gasteiger partial charge in [0.25, 0.3) is 17.6 Å². The Morgan fingerprint density at radius 2 is 1.63 bits per heavy atom. The first-order chi connectivity index (χ1) is 14.2. The Kier molecular flexibility index (Phi) is 5.90. The Hall–Kier alpha value is -2.29. The summed E-state index contributed by atoms with van der Waals surface area (Å²) in [6.07, 6.45) is 4.07. The minimum absolute atomic E-state index is 0. The van der Waals surface area contributed by atoms with Gasteiger partial charge >= 0.3 is 0 Å². The molecule has 0 fully saturated rings. The third kappa shape index (κ3) is 3.53. The number of rotatable bonds is 4. The third-order valence-corrected chi connectivity index (χ3v) is 7.39. The van der Waals surface area contributed by atoms with E-state index in [1.807, 2.05) is 29.0 Å². The Morgan fingerprint density at radius 3 is 2.27 bits per heavy atom. The summed E-state index contributed by atoms with van der Waals surface area (Å²) in [7, 11) is 0. The first kappa shape index (κ1) is 21.0. The summed E-state index contributed by atoms with van der Waals surface area (Å²) < 4.78 is 2.17. The van der Waals surface area contributed by atoms with Crippen LogP contribution < -0.4 is 26.9 Å². The van der Waals surface area contributed by atoms with E-state index in [1.165, 1.54) is 4.90 Å². The van der Waals surface area contributed by atoms with Gasteiger partial charge in [-0.05, 0) is 30.0 Å². The van der Waals surface area contributed by atoms with Crippen molar-refractivity contribution in [3.8, 4) is 11.1 Å². The molecule has 3 aromatic rings. The van der Waals surface area contributed by atoms with Crippen molar-refractivity contribution in [2.75, 3.05) is 11.6 Å². The molecule has 1 aromatic heterocycles. The van der Waals surface area contributed by atoms with Crippen LogP contribution in [0.4, 0.5) is 5.82 Å². The second-order valence-corrected chi connectivity index (χ2v) is 9.22. The van der Waals surface area contributed by atoms with Gasteiger partial charge in [-0.1, -0.05) is 54.2 Å². The average molecular weight is 500 g/mol. The number of imide groups is 1. The van der Waals surface area contributed by atoms with Gasteiger partial charge in [0.05, 0.1) is 11.1 Å². The highest BCUT2D eigenvalue weighted by Crippen LogP contribution is 2.42.